The Kier molecular flexibility index (Phi) is 12.3. The van der Waals surface area contributed by atoms with Crippen molar-refractivity contribution in [1.82, 2.24) is 0 Å². The van der Waals surface area contributed by atoms with Crippen molar-refractivity contribution < 1.29 is 81.0 Å². The van der Waals surface area contributed by atoms with Crippen LogP contribution in [-0.4, -0.2) is 85.1 Å². The average molecular weight is 627 g/mol. The Balaban J connectivity index is 2.63. The third kappa shape index (κ3) is 10.3. The van der Waals surface area contributed by atoms with E-state index in [1.54, 1.807) is 0 Å². The Morgan fingerprint density at radius 1 is 0.568 bits per heavy atom. The smallest absolute Gasteiger partial charge is 0.340 e. The summed E-state index contributed by atoms with van der Waals surface area (Å²) >= 11 is 0. The van der Waals surface area contributed by atoms with Crippen LogP contribution < -0.4 is 14.2 Å². The molecule has 1 fully saturated rings. The van der Waals surface area contributed by atoms with Crippen LogP contribution in [0.1, 0.15) is 58.8 Å². The Bertz CT molecular complexity index is 1290. The highest BCUT2D eigenvalue weighted by Crippen LogP contribution is 2.40. The summed E-state index contributed by atoms with van der Waals surface area (Å²) in [6.07, 6.45) is -8.20. The molecule has 1 saturated heterocycles. The lowest BCUT2D eigenvalue weighted by Crippen LogP contribution is -2.63. The lowest BCUT2D eigenvalue weighted by Gasteiger charge is -2.43. The number of hydrogen-bond donors (Lipinski definition) is 0. The number of rotatable bonds is 10. The Morgan fingerprint density at radius 3 is 1.45 bits per heavy atom. The number of ether oxygens (including phenoxy) is 9. The van der Waals surface area contributed by atoms with Crippen LogP contribution in [0.5, 0.6) is 17.2 Å². The van der Waals surface area contributed by atoms with Crippen molar-refractivity contribution in [2.24, 2.45) is 0 Å². The first-order chi connectivity index (χ1) is 20.5. The third-order valence-corrected chi connectivity index (χ3v) is 5.18. The van der Waals surface area contributed by atoms with Gasteiger partial charge in [0.05, 0.1) is 5.56 Å². The van der Waals surface area contributed by atoms with Crippen molar-refractivity contribution in [2.45, 2.75) is 79.2 Å². The van der Waals surface area contributed by atoms with Crippen LogP contribution in [0.15, 0.2) is 12.1 Å². The van der Waals surface area contributed by atoms with E-state index in [1.165, 1.54) is 0 Å². The molecule has 5 atom stereocenters. The molecule has 0 aromatic heterocycles. The lowest BCUT2D eigenvalue weighted by molar-refractivity contribution is -0.294. The molecule has 240 valence electrons. The van der Waals surface area contributed by atoms with Crippen molar-refractivity contribution in [1.29, 1.82) is 0 Å². The van der Waals surface area contributed by atoms with E-state index in [2.05, 4.69) is 0 Å². The van der Waals surface area contributed by atoms with Gasteiger partial charge in [-0.1, -0.05) is 0 Å². The molecule has 0 aliphatic carbocycles. The van der Waals surface area contributed by atoms with Crippen molar-refractivity contribution in [3.05, 3.63) is 17.7 Å². The van der Waals surface area contributed by atoms with E-state index < -0.39 is 108 Å². The molecular formula is C27H30O17. The summed E-state index contributed by atoms with van der Waals surface area (Å²) in [4.78, 5) is 96.0. The largest absolute Gasteiger partial charge is 0.463 e. The molecule has 1 aliphatic heterocycles. The highest BCUT2D eigenvalue weighted by atomic mass is 16.7. The number of carbonyl (C=O) groups is 8. The van der Waals surface area contributed by atoms with Crippen molar-refractivity contribution in [3.63, 3.8) is 0 Å². The molecular weight excluding hydrogens is 596 g/mol. The topological polar surface area (TPSA) is 220 Å². The van der Waals surface area contributed by atoms with Crippen LogP contribution in [0.25, 0.3) is 0 Å². The van der Waals surface area contributed by atoms with Crippen LogP contribution in [0.3, 0.4) is 0 Å². The zero-order valence-corrected chi connectivity index (χ0v) is 24.7. The summed E-state index contributed by atoms with van der Waals surface area (Å²) in [6, 6.07) is 1.83. The van der Waals surface area contributed by atoms with Crippen LogP contribution in [-0.2, 0) is 62.0 Å². The maximum Gasteiger partial charge on any atom is 0.340 e. The second kappa shape index (κ2) is 15.4. The van der Waals surface area contributed by atoms with Gasteiger partial charge in [-0.3, -0.25) is 33.6 Å². The van der Waals surface area contributed by atoms with Crippen LogP contribution in [0.4, 0.5) is 0 Å². The quantitative estimate of drug-likeness (QED) is 0.198. The molecule has 2 rings (SSSR count). The van der Waals surface area contributed by atoms with E-state index in [4.69, 9.17) is 42.6 Å². The zero-order chi connectivity index (χ0) is 33.3. The van der Waals surface area contributed by atoms with Crippen molar-refractivity contribution in [3.8, 4) is 17.2 Å². The summed E-state index contributed by atoms with van der Waals surface area (Å²) in [6.45, 7) is 6.54. The predicted molar refractivity (Wildman–Crippen MR) is 138 cm³/mol. The molecule has 0 spiro atoms. The van der Waals surface area contributed by atoms with Crippen LogP contribution in [0, 0.1) is 0 Å². The molecule has 1 heterocycles. The molecule has 0 amide bonds. The summed E-state index contributed by atoms with van der Waals surface area (Å²) < 4.78 is 47.0. The SMILES string of the molecule is CC(=O)OC[C@H]1O[C@@H](OC(=O)c2cc(OC(C)=O)c(OC(C)=O)c(OC(C)=O)c2)[C@H](OC(C)=O)[C@@H](OC(C)=O)[C@@H]1OC(C)=O. The van der Waals surface area contributed by atoms with E-state index in [9.17, 15) is 38.4 Å². The molecule has 1 aliphatic rings. The van der Waals surface area contributed by atoms with E-state index in [1.807, 2.05) is 0 Å². The molecule has 0 bridgehead atoms. The molecule has 0 radical (unpaired) electrons. The summed E-state index contributed by atoms with van der Waals surface area (Å²) in [5.41, 5.74) is -0.457. The van der Waals surface area contributed by atoms with Crippen LogP contribution >= 0.6 is 0 Å². The predicted octanol–water partition coefficient (Wildman–Crippen LogP) is 0.702. The van der Waals surface area contributed by atoms with Gasteiger partial charge in [0, 0.05) is 48.5 Å². The molecule has 0 saturated carbocycles. The minimum Gasteiger partial charge on any atom is -0.463 e. The fourth-order valence-corrected chi connectivity index (χ4v) is 3.86. The fraction of sp³-hybridized carbons (Fsp3) is 0.481. The molecule has 1 aromatic carbocycles. The van der Waals surface area contributed by atoms with E-state index in [-0.39, 0.29) is 0 Å². The lowest BCUT2D eigenvalue weighted by atomic mass is 9.98. The second-order valence-electron chi connectivity index (χ2n) is 9.06. The first kappa shape index (κ1) is 35.1. The Labute approximate surface area is 249 Å². The number of carbonyl (C=O) groups excluding carboxylic acids is 8. The van der Waals surface area contributed by atoms with Crippen molar-refractivity contribution >= 4 is 47.8 Å². The Hall–Kier alpha value is -5.06. The van der Waals surface area contributed by atoms with Gasteiger partial charge in [-0.15, -0.1) is 0 Å². The van der Waals surface area contributed by atoms with Gasteiger partial charge in [0.15, 0.2) is 23.7 Å². The number of hydrogen-bond acceptors (Lipinski definition) is 17. The molecule has 17 nitrogen and oxygen atoms in total. The van der Waals surface area contributed by atoms with Gasteiger partial charge in [-0.05, 0) is 12.1 Å². The van der Waals surface area contributed by atoms with E-state index in [0.717, 1.165) is 60.6 Å². The minimum atomic E-state index is -1.90. The molecule has 44 heavy (non-hydrogen) atoms. The number of benzene rings is 1. The van der Waals surface area contributed by atoms with Gasteiger partial charge in [-0.2, -0.15) is 0 Å². The summed E-state index contributed by atoms with van der Waals surface area (Å²) in [5.74, 6) is -9.01. The van der Waals surface area contributed by atoms with E-state index >= 15 is 0 Å². The standard InChI is InChI=1S/C27H30O17/c1-11(28)36-10-21-23(40-15(5)32)24(41-16(6)33)25(42-17(7)34)27(43-21)44-26(35)18-8-19(37-12(2)29)22(39-14(4)31)20(9-18)38-13(3)30/h8-9,21,23-25,27H,10H2,1-7H3/t21-,23-,24+,25-,27+/m1/s1. The van der Waals surface area contributed by atoms with Gasteiger partial charge >= 0.3 is 47.8 Å². The highest BCUT2D eigenvalue weighted by molar-refractivity contribution is 5.92. The molecule has 17 heteroatoms. The highest BCUT2D eigenvalue weighted by Gasteiger charge is 2.54. The third-order valence-electron chi connectivity index (χ3n) is 5.18. The number of esters is 8. The second-order valence-corrected chi connectivity index (χ2v) is 9.06. The van der Waals surface area contributed by atoms with Gasteiger partial charge in [0.1, 0.15) is 12.7 Å². The molecule has 0 N–H and O–H groups in total. The zero-order valence-electron chi connectivity index (χ0n) is 24.7. The van der Waals surface area contributed by atoms with Gasteiger partial charge < -0.3 is 42.6 Å². The van der Waals surface area contributed by atoms with Gasteiger partial charge in [-0.25, -0.2) is 4.79 Å². The maximum atomic E-state index is 13.4. The van der Waals surface area contributed by atoms with Gasteiger partial charge in [0.25, 0.3) is 0 Å². The molecule has 1 aromatic rings. The molecule has 0 unspecified atom stereocenters. The summed E-state index contributed by atoms with van der Waals surface area (Å²) in [7, 11) is 0. The normalized spacial score (nSPS) is 20.7. The Morgan fingerprint density at radius 2 is 1.02 bits per heavy atom. The maximum absolute atomic E-state index is 13.4. The van der Waals surface area contributed by atoms with Crippen molar-refractivity contribution in [2.75, 3.05) is 6.61 Å². The average Bonchev–Trinajstić information content (AvgIpc) is 2.86. The first-order valence-corrected chi connectivity index (χ1v) is 12.7. The van der Waals surface area contributed by atoms with Gasteiger partial charge in [0.2, 0.25) is 18.1 Å². The first-order valence-electron chi connectivity index (χ1n) is 12.7. The fourth-order valence-electron chi connectivity index (χ4n) is 3.86. The summed E-state index contributed by atoms with van der Waals surface area (Å²) in [5, 5.41) is 0. The van der Waals surface area contributed by atoms with E-state index in [0.29, 0.717) is 0 Å². The monoisotopic (exact) mass is 626 g/mol. The minimum absolute atomic E-state index is 0.457. The van der Waals surface area contributed by atoms with Crippen LogP contribution in [0.2, 0.25) is 0 Å².